The van der Waals surface area contributed by atoms with Crippen molar-refractivity contribution in [1.29, 1.82) is 0 Å². The molecule has 0 aliphatic heterocycles. The Morgan fingerprint density at radius 2 is 1.00 bits per heavy atom. The van der Waals surface area contributed by atoms with Crippen LogP contribution in [0.1, 0.15) is 0 Å². The molecule has 0 saturated carbocycles. The number of rotatable bonds is 2. The summed E-state index contributed by atoms with van der Waals surface area (Å²) in [6, 6.07) is 0. The van der Waals surface area contributed by atoms with Crippen molar-refractivity contribution in [1.82, 2.24) is 0 Å². The zero-order chi connectivity index (χ0) is 8.41. The molecule has 0 radical (unpaired) electrons. The van der Waals surface area contributed by atoms with E-state index in [2.05, 4.69) is 60.9 Å². The van der Waals surface area contributed by atoms with Crippen molar-refractivity contribution in [3.8, 4) is 0 Å². The summed E-state index contributed by atoms with van der Waals surface area (Å²) in [5.41, 5.74) is 0. The average molecular weight is 391 g/mol. The van der Waals surface area contributed by atoms with E-state index in [0.29, 0.717) is 0 Å². The molecule has 0 atom stereocenters. The van der Waals surface area contributed by atoms with Gasteiger partial charge in [-0.2, -0.15) is 0 Å². The molecule has 60 valence electrons. The van der Waals surface area contributed by atoms with Crippen molar-refractivity contribution in [2.45, 2.75) is 23.0 Å². The quantitative estimate of drug-likeness (QED) is 0.628. The fourth-order valence-electron chi connectivity index (χ4n) is 0.396. The summed E-state index contributed by atoms with van der Waals surface area (Å²) >= 11 is 4.35. The SMILES string of the molecule is [CH3][Ge]([CH3])([Br])[CH]=[CH][Ge]([CH3])([CH3])[Br]. The van der Waals surface area contributed by atoms with Crippen LogP contribution < -0.4 is 0 Å². The van der Waals surface area contributed by atoms with Gasteiger partial charge in [0, 0.05) is 0 Å². The molecule has 0 amide bonds. The molecule has 0 aliphatic carbocycles. The second kappa shape index (κ2) is 4.14. The molecule has 0 nitrogen and oxygen atoms in total. The zero-order valence-corrected chi connectivity index (χ0v) is 14.3. The number of hydrogen-bond donors (Lipinski definition) is 0. The molecule has 10 heavy (non-hydrogen) atoms. The Kier molecular flexibility index (Phi) is 4.88. The van der Waals surface area contributed by atoms with Gasteiger partial charge in [-0.05, 0) is 0 Å². The third-order valence-corrected chi connectivity index (χ3v) is 9.12. The Hall–Kier alpha value is 1.79. The molecule has 0 aromatic rings. The first-order chi connectivity index (χ1) is 4.21. The molecule has 0 N–H and O–H groups in total. The summed E-state index contributed by atoms with van der Waals surface area (Å²) in [6.45, 7) is 0. The van der Waals surface area contributed by atoms with Gasteiger partial charge < -0.3 is 0 Å². The first-order valence-corrected chi connectivity index (χ1v) is 23.9. The van der Waals surface area contributed by atoms with Gasteiger partial charge in [-0.25, -0.2) is 0 Å². The van der Waals surface area contributed by atoms with Crippen LogP contribution in [0.3, 0.4) is 0 Å². The van der Waals surface area contributed by atoms with E-state index in [-0.39, 0.29) is 0 Å². The molecule has 0 fully saturated rings. The van der Waals surface area contributed by atoms with Gasteiger partial charge in [0.1, 0.15) is 0 Å². The summed E-state index contributed by atoms with van der Waals surface area (Å²) in [5, 5.41) is 0. The van der Waals surface area contributed by atoms with E-state index in [4.69, 9.17) is 0 Å². The summed E-state index contributed by atoms with van der Waals surface area (Å²) in [4.78, 5) is 4.82. The summed E-state index contributed by atoms with van der Waals surface area (Å²) in [5.74, 6) is 9.32. The predicted molar refractivity (Wildman–Crippen MR) is 62.0 cm³/mol. The molecule has 0 unspecified atom stereocenters. The van der Waals surface area contributed by atoms with Gasteiger partial charge in [-0.3, -0.25) is 0 Å². The van der Waals surface area contributed by atoms with Crippen LogP contribution >= 0.6 is 28.0 Å². The molecule has 0 bridgehead atoms. The normalized spacial score (nSPS) is 14.6. The zero-order valence-electron chi connectivity index (χ0n) is 6.91. The van der Waals surface area contributed by atoms with Crippen LogP contribution in [0.5, 0.6) is 0 Å². The van der Waals surface area contributed by atoms with E-state index in [0.717, 1.165) is 0 Å². The van der Waals surface area contributed by atoms with Crippen molar-refractivity contribution in [3.63, 3.8) is 0 Å². The molecule has 0 rings (SSSR count). The van der Waals surface area contributed by atoms with Gasteiger partial charge in [-0.15, -0.1) is 0 Å². The molecule has 0 aromatic heterocycles. The monoisotopic (exact) mass is 392 g/mol. The molecule has 0 heterocycles. The average Bonchev–Trinajstić information content (AvgIpc) is 1.57. The summed E-state index contributed by atoms with van der Waals surface area (Å²) < 4.78 is 0. The molecule has 4 heteroatoms. The minimum atomic E-state index is -1.56. The van der Waals surface area contributed by atoms with Crippen molar-refractivity contribution < 1.29 is 0 Å². The van der Waals surface area contributed by atoms with Crippen LogP contribution in [0.25, 0.3) is 0 Å². The maximum atomic E-state index is 3.74. The fourth-order valence-corrected chi connectivity index (χ4v) is 17.8. The third kappa shape index (κ3) is 9.79. The first kappa shape index (κ1) is 11.8. The Labute approximate surface area is 82.8 Å². The standard InChI is InChI=1S/C6H14Br2Ge2/c1-9(2,7)5-6-10(3,4)8/h5-6H,1-4H3. The second-order valence-corrected chi connectivity index (χ2v) is 39.2. The first-order valence-electron chi connectivity index (χ1n) is 3.29. The van der Waals surface area contributed by atoms with E-state index >= 15 is 0 Å². The molecule has 0 spiro atoms. The maximum absolute atomic E-state index is 3.74. The number of halogens is 2. The Morgan fingerprint density at radius 3 is 1.10 bits per heavy atom. The van der Waals surface area contributed by atoms with Crippen molar-refractivity contribution >= 4 is 50.9 Å². The molecular weight excluding hydrogens is 377 g/mol. The van der Waals surface area contributed by atoms with Gasteiger partial charge in [0.25, 0.3) is 0 Å². The van der Waals surface area contributed by atoms with Gasteiger partial charge in [0.2, 0.25) is 0 Å². The molecule has 0 saturated heterocycles. The predicted octanol–water partition coefficient (Wildman–Crippen LogP) is 3.82. The van der Waals surface area contributed by atoms with Crippen LogP contribution in [0, 0.1) is 0 Å². The Bertz CT molecular complexity index is 114. The van der Waals surface area contributed by atoms with Crippen LogP contribution in [0.15, 0.2) is 9.82 Å². The van der Waals surface area contributed by atoms with Crippen LogP contribution in [0.2, 0.25) is 23.0 Å². The molecule has 0 aliphatic rings. The number of hydrogen-bond acceptors (Lipinski definition) is 0. The van der Waals surface area contributed by atoms with Crippen molar-refractivity contribution in [2.75, 3.05) is 0 Å². The Morgan fingerprint density at radius 1 is 0.800 bits per heavy atom. The van der Waals surface area contributed by atoms with E-state index < -0.39 is 22.8 Å². The van der Waals surface area contributed by atoms with E-state index in [1.54, 1.807) is 0 Å². The van der Waals surface area contributed by atoms with Crippen LogP contribution in [0.4, 0.5) is 0 Å². The minimum absolute atomic E-state index is 1.56. The Balaban J connectivity index is 4.01. The van der Waals surface area contributed by atoms with Crippen molar-refractivity contribution in [3.05, 3.63) is 9.82 Å². The van der Waals surface area contributed by atoms with Crippen molar-refractivity contribution in [2.24, 2.45) is 0 Å². The molecular formula is C6H14Br2Ge2. The fraction of sp³-hybridized carbons (Fsp3) is 0.667. The van der Waals surface area contributed by atoms with Gasteiger partial charge in [0.05, 0.1) is 0 Å². The van der Waals surface area contributed by atoms with Gasteiger partial charge >= 0.3 is 83.7 Å². The van der Waals surface area contributed by atoms with E-state index in [1.165, 1.54) is 0 Å². The topological polar surface area (TPSA) is 0 Å². The van der Waals surface area contributed by atoms with Gasteiger partial charge in [0.15, 0.2) is 0 Å². The third-order valence-electron chi connectivity index (χ3n) is 0.876. The molecule has 0 aromatic carbocycles. The van der Waals surface area contributed by atoms with E-state index in [9.17, 15) is 0 Å². The second-order valence-electron chi connectivity index (χ2n) is 3.46. The van der Waals surface area contributed by atoms with Crippen LogP contribution in [-0.2, 0) is 0 Å². The van der Waals surface area contributed by atoms with Gasteiger partial charge in [-0.1, -0.05) is 0 Å². The van der Waals surface area contributed by atoms with E-state index in [1.807, 2.05) is 0 Å². The summed E-state index contributed by atoms with van der Waals surface area (Å²) in [7, 11) is 0. The summed E-state index contributed by atoms with van der Waals surface area (Å²) in [6.07, 6.45) is 0. The van der Waals surface area contributed by atoms with Crippen LogP contribution in [-0.4, -0.2) is 22.8 Å².